The Hall–Kier alpha value is -3.22. The predicted octanol–water partition coefficient (Wildman–Crippen LogP) is 2.77. The second kappa shape index (κ2) is 7.12. The second-order valence-corrected chi connectivity index (χ2v) is 5.43. The average Bonchev–Trinajstić information content (AvgIpc) is 3.08. The van der Waals surface area contributed by atoms with E-state index in [9.17, 15) is 4.79 Å². The van der Waals surface area contributed by atoms with E-state index in [1.807, 2.05) is 18.2 Å². The monoisotopic (exact) mass is 341 g/mol. The van der Waals surface area contributed by atoms with Crippen LogP contribution in [0.15, 0.2) is 36.5 Å². The van der Waals surface area contributed by atoms with Gasteiger partial charge in [-0.25, -0.2) is 0 Å². The lowest BCUT2D eigenvalue weighted by molar-refractivity contribution is -0.115. The molecule has 0 bridgehead atoms. The van der Waals surface area contributed by atoms with Crippen molar-refractivity contribution < 1.29 is 19.0 Å². The zero-order chi connectivity index (χ0) is 17.8. The molecular formula is C18H19N3O4. The van der Waals surface area contributed by atoms with Crippen LogP contribution in [0.5, 0.6) is 17.2 Å². The summed E-state index contributed by atoms with van der Waals surface area (Å²) < 4.78 is 15.9. The third-order valence-corrected chi connectivity index (χ3v) is 3.81. The van der Waals surface area contributed by atoms with Gasteiger partial charge in [0.25, 0.3) is 0 Å². The summed E-state index contributed by atoms with van der Waals surface area (Å²) in [5.41, 5.74) is 2.39. The van der Waals surface area contributed by atoms with E-state index < -0.39 is 0 Å². The van der Waals surface area contributed by atoms with E-state index in [1.165, 1.54) is 0 Å². The van der Waals surface area contributed by atoms with Gasteiger partial charge in [-0.1, -0.05) is 0 Å². The van der Waals surface area contributed by atoms with Gasteiger partial charge < -0.3 is 19.5 Å². The van der Waals surface area contributed by atoms with Crippen LogP contribution in [-0.2, 0) is 11.2 Å². The second-order valence-electron chi connectivity index (χ2n) is 5.43. The van der Waals surface area contributed by atoms with Gasteiger partial charge in [-0.2, -0.15) is 5.10 Å². The lowest BCUT2D eigenvalue weighted by Gasteiger charge is -2.14. The predicted molar refractivity (Wildman–Crippen MR) is 94.5 cm³/mol. The number of aromatic amines is 1. The minimum Gasteiger partial charge on any atom is -0.493 e. The fourth-order valence-electron chi connectivity index (χ4n) is 2.65. The lowest BCUT2D eigenvalue weighted by Crippen LogP contribution is -2.14. The Labute approximate surface area is 144 Å². The molecule has 0 unspecified atom stereocenters. The molecule has 2 aromatic carbocycles. The summed E-state index contributed by atoms with van der Waals surface area (Å²) in [7, 11) is 4.63. The van der Waals surface area contributed by atoms with Gasteiger partial charge in [-0.15, -0.1) is 0 Å². The molecule has 0 aliphatic heterocycles. The minimum absolute atomic E-state index is 0.142. The summed E-state index contributed by atoms with van der Waals surface area (Å²) in [6.45, 7) is 0. The van der Waals surface area contributed by atoms with Crippen molar-refractivity contribution in [1.29, 1.82) is 0 Å². The molecule has 1 aromatic heterocycles. The van der Waals surface area contributed by atoms with Crippen molar-refractivity contribution in [1.82, 2.24) is 10.2 Å². The molecule has 1 heterocycles. The highest BCUT2D eigenvalue weighted by molar-refractivity contribution is 5.94. The first-order chi connectivity index (χ1) is 12.1. The Bertz CT molecular complexity index is 879. The van der Waals surface area contributed by atoms with E-state index in [0.29, 0.717) is 22.9 Å². The summed E-state index contributed by atoms with van der Waals surface area (Å²) in [4.78, 5) is 12.4. The SMILES string of the molecule is COc1cc(CC(=O)Nc2ccc3[nH]ncc3c2)cc(OC)c1OC. The topological polar surface area (TPSA) is 85.5 Å². The Balaban J connectivity index is 1.77. The van der Waals surface area contributed by atoms with Crippen LogP contribution in [0.1, 0.15) is 5.56 Å². The van der Waals surface area contributed by atoms with E-state index in [0.717, 1.165) is 16.5 Å². The Kier molecular flexibility index (Phi) is 4.74. The number of methoxy groups -OCH3 is 3. The number of hydrogen-bond acceptors (Lipinski definition) is 5. The average molecular weight is 341 g/mol. The highest BCUT2D eigenvalue weighted by Crippen LogP contribution is 2.38. The Morgan fingerprint density at radius 1 is 1.08 bits per heavy atom. The number of nitrogens with one attached hydrogen (secondary N) is 2. The fraction of sp³-hybridized carbons (Fsp3) is 0.222. The molecule has 7 heteroatoms. The van der Waals surface area contributed by atoms with Gasteiger partial charge in [0.15, 0.2) is 11.5 Å². The normalized spacial score (nSPS) is 10.5. The zero-order valence-electron chi connectivity index (χ0n) is 14.3. The summed E-state index contributed by atoms with van der Waals surface area (Å²) in [6, 6.07) is 9.09. The quantitative estimate of drug-likeness (QED) is 0.720. The molecule has 3 aromatic rings. The highest BCUT2D eigenvalue weighted by atomic mass is 16.5. The van der Waals surface area contributed by atoms with E-state index >= 15 is 0 Å². The van der Waals surface area contributed by atoms with Gasteiger partial charge in [0.2, 0.25) is 11.7 Å². The van der Waals surface area contributed by atoms with Crippen LogP contribution in [0.3, 0.4) is 0 Å². The number of nitrogens with zero attached hydrogens (tertiary/aromatic N) is 1. The number of aromatic nitrogens is 2. The van der Waals surface area contributed by atoms with Crippen molar-refractivity contribution in [3.05, 3.63) is 42.1 Å². The molecule has 0 aliphatic rings. The largest absolute Gasteiger partial charge is 0.493 e. The first-order valence-electron chi connectivity index (χ1n) is 7.66. The molecule has 0 radical (unpaired) electrons. The summed E-state index contributed by atoms with van der Waals surface area (Å²) >= 11 is 0. The molecule has 1 amide bonds. The Morgan fingerprint density at radius 2 is 1.80 bits per heavy atom. The molecule has 0 aliphatic carbocycles. The van der Waals surface area contributed by atoms with Gasteiger partial charge in [-0.05, 0) is 35.9 Å². The zero-order valence-corrected chi connectivity index (χ0v) is 14.3. The smallest absolute Gasteiger partial charge is 0.228 e. The van der Waals surface area contributed by atoms with Crippen LogP contribution >= 0.6 is 0 Å². The number of rotatable bonds is 6. The van der Waals surface area contributed by atoms with Gasteiger partial charge in [0.05, 0.1) is 39.5 Å². The number of ether oxygens (including phenoxy) is 3. The minimum atomic E-state index is -0.142. The fourth-order valence-corrected chi connectivity index (χ4v) is 2.65. The molecule has 0 spiro atoms. The van der Waals surface area contributed by atoms with Crippen molar-refractivity contribution in [2.45, 2.75) is 6.42 Å². The van der Waals surface area contributed by atoms with Crippen molar-refractivity contribution in [2.75, 3.05) is 26.6 Å². The van der Waals surface area contributed by atoms with E-state index in [4.69, 9.17) is 14.2 Å². The van der Waals surface area contributed by atoms with Gasteiger partial charge in [-0.3, -0.25) is 9.89 Å². The molecule has 7 nitrogen and oxygen atoms in total. The molecule has 0 saturated carbocycles. The van der Waals surface area contributed by atoms with Crippen LogP contribution in [0.25, 0.3) is 10.9 Å². The first-order valence-corrected chi connectivity index (χ1v) is 7.66. The Morgan fingerprint density at radius 3 is 2.44 bits per heavy atom. The van der Waals surface area contributed by atoms with Crippen molar-refractivity contribution in [3.63, 3.8) is 0 Å². The number of benzene rings is 2. The van der Waals surface area contributed by atoms with E-state index in [-0.39, 0.29) is 12.3 Å². The number of fused-ring (bicyclic) bond motifs is 1. The summed E-state index contributed by atoms with van der Waals surface area (Å²) in [5, 5.41) is 10.7. The molecule has 2 N–H and O–H groups in total. The third kappa shape index (κ3) is 3.50. The van der Waals surface area contributed by atoms with Gasteiger partial charge in [0, 0.05) is 11.1 Å². The van der Waals surface area contributed by atoms with E-state index in [1.54, 1.807) is 39.7 Å². The number of amides is 1. The van der Waals surface area contributed by atoms with Crippen LogP contribution in [0.4, 0.5) is 5.69 Å². The summed E-state index contributed by atoms with van der Waals surface area (Å²) in [6.07, 6.45) is 1.89. The van der Waals surface area contributed by atoms with Crippen LogP contribution in [0, 0.1) is 0 Å². The molecule has 0 fully saturated rings. The maximum atomic E-state index is 12.4. The van der Waals surface area contributed by atoms with Crippen LogP contribution < -0.4 is 19.5 Å². The molecule has 3 rings (SSSR count). The number of hydrogen-bond donors (Lipinski definition) is 2. The number of carbonyl (C=O) groups excluding carboxylic acids is 1. The molecule has 130 valence electrons. The maximum Gasteiger partial charge on any atom is 0.228 e. The van der Waals surface area contributed by atoms with Gasteiger partial charge >= 0.3 is 0 Å². The third-order valence-electron chi connectivity index (χ3n) is 3.81. The lowest BCUT2D eigenvalue weighted by atomic mass is 10.1. The molecule has 25 heavy (non-hydrogen) atoms. The van der Waals surface area contributed by atoms with Crippen molar-refractivity contribution in [3.8, 4) is 17.2 Å². The number of anilines is 1. The van der Waals surface area contributed by atoms with Crippen molar-refractivity contribution in [2.24, 2.45) is 0 Å². The molecule has 0 atom stereocenters. The maximum absolute atomic E-state index is 12.4. The summed E-state index contributed by atoms with van der Waals surface area (Å²) in [5.74, 6) is 1.39. The first kappa shape index (κ1) is 16.6. The van der Waals surface area contributed by atoms with E-state index in [2.05, 4.69) is 15.5 Å². The standard InChI is InChI=1S/C18H19N3O4/c1-23-15-6-11(7-16(24-2)18(15)25-3)8-17(22)20-13-4-5-14-12(9-13)10-19-21-14/h4-7,9-10H,8H2,1-3H3,(H,19,21)(H,20,22). The van der Waals surface area contributed by atoms with Crippen molar-refractivity contribution >= 4 is 22.5 Å². The van der Waals surface area contributed by atoms with Gasteiger partial charge in [0.1, 0.15) is 0 Å². The molecular weight excluding hydrogens is 322 g/mol. The number of carbonyl (C=O) groups is 1. The molecule has 0 saturated heterocycles. The van der Waals surface area contributed by atoms with Crippen LogP contribution in [-0.4, -0.2) is 37.4 Å². The highest BCUT2D eigenvalue weighted by Gasteiger charge is 2.15. The number of H-pyrrole nitrogens is 1. The van der Waals surface area contributed by atoms with Crippen LogP contribution in [0.2, 0.25) is 0 Å².